The van der Waals surface area contributed by atoms with Crippen LogP contribution in [-0.2, 0) is 14.3 Å². The summed E-state index contributed by atoms with van der Waals surface area (Å²) in [4.78, 5) is 11.6. The predicted molar refractivity (Wildman–Crippen MR) is 62.4 cm³/mol. The first-order valence-corrected chi connectivity index (χ1v) is 5.62. The van der Waals surface area contributed by atoms with E-state index < -0.39 is 0 Å². The third-order valence-corrected chi connectivity index (χ3v) is 3.13. The van der Waals surface area contributed by atoms with Gasteiger partial charge >= 0.3 is 5.97 Å². The number of allylic oxidation sites excluding steroid dienone is 1. The molecule has 1 aromatic carbocycles. The van der Waals surface area contributed by atoms with Crippen molar-refractivity contribution < 1.29 is 14.3 Å². The Bertz CT molecular complexity index is 528. The lowest BCUT2D eigenvalue weighted by molar-refractivity contribution is -0.136. The molecule has 0 radical (unpaired) electrons. The van der Waals surface area contributed by atoms with Crippen LogP contribution in [0.1, 0.15) is 11.5 Å². The minimum atomic E-state index is -0.302. The number of hydrogen-bond donors (Lipinski definition) is 0. The highest BCUT2D eigenvalue weighted by Gasteiger charge is 2.34. The van der Waals surface area contributed by atoms with Crippen molar-refractivity contribution in [2.24, 2.45) is 0 Å². The maximum absolute atomic E-state index is 11.6. The summed E-state index contributed by atoms with van der Waals surface area (Å²) in [6.07, 6.45) is 3.44. The number of benzene rings is 1. The first-order valence-electron chi connectivity index (χ1n) is 5.24. The van der Waals surface area contributed by atoms with E-state index >= 15 is 0 Å². The van der Waals surface area contributed by atoms with Gasteiger partial charge in [-0.25, -0.2) is 4.79 Å². The summed E-state index contributed by atoms with van der Waals surface area (Å²) in [5.41, 5.74) is 1.59. The minimum Gasteiger partial charge on any atom is -0.465 e. The fourth-order valence-electron chi connectivity index (χ4n) is 2.04. The Kier molecular flexibility index (Phi) is 2.41. The van der Waals surface area contributed by atoms with Crippen LogP contribution in [0.25, 0.3) is 0 Å². The number of ether oxygens (including phenoxy) is 2. The van der Waals surface area contributed by atoms with Gasteiger partial charge < -0.3 is 9.47 Å². The summed E-state index contributed by atoms with van der Waals surface area (Å²) >= 11 is 5.84. The number of carbonyl (C=O) groups excluding carboxylic acids is 1. The number of esters is 1. The molecule has 0 saturated heterocycles. The first-order chi connectivity index (χ1) is 8.25. The highest BCUT2D eigenvalue weighted by atomic mass is 35.5. The average molecular weight is 249 g/mol. The highest BCUT2D eigenvalue weighted by Crippen LogP contribution is 2.36. The molecule has 2 aliphatic rings. The molecule has 2 heterocycles. The summed E-state index contributed by atoms with van der Waals surface area (Å²) in [5.74, 6) is 0.202. The topological polar surface area (TPSA) is 35.5 Å². The zero-order valence-electron chi connectivity index (χ0n) is 8.85. The molecule has 1 aromatic rings. The zero-order chi connectivity index (χ0) is 11.8. The minimum absolute atomic E-state index is 0.106. The lowest BCUT2D eigenvalue weighted by atomic mass is 9.90. The molecule has 3 nitrogen and oxygen atoms in total. The molecule has 0 spiro atoms. The number of rotatable bonds is 1. The SMILES string of the molecule is O=C1OCC2=C1C(c1ccc(Cl)cc1)C=CO2. The Morgan fingerprint density at radius 1 is 1.24 bits per heavy atom. The van der Waals surface area contributed by atoms with E-state index in [1.807, 2.05) is 18.2 Å². The monoisotopic (exact) mass is 248 g/mol. The van der Waals surface area contributed by atoms with Crippen molar-refractivity contribution in [3.63, 3.8) is 0 Å². The van der Waals surface area contributed by atoms with E-state index in [-0.39, 0.29) is 18.5 Å². The molecule has 86 valence electrons. The summed E-state index contributed by atoms with van der Waals surface area (Å²) in [7, 11) is 0. The molecule has 4 heteroatoms. The molecule has 0 saturated carbocycles. The van der Waals surface area contributed by atoms with Crippen LogP contribution in [0.2, 0.25) is 5.02 Å². The molecule has 0 fully saturated rings. The Morgan fingerprint density at radius 2 is 2.00 bits per heavy atom. The van der Waals surface area contributed by atoms with Gasteiger partial charge in [-0.1, -0.05) is 23.7 Å². The molecule has 17 heavy (non-hydrogen) atoms. The lowest BCUT2D eigenvalue weighted by Crippen LogP contribution is -2.11. The van der Waals surface area contributed by atoms with E-state index in [1.54, 1.807) is 18.4 Å². The Balaban J connectivity index is 2.02. The van der Waals surface area contributed by atoms with Crippen molar-refractivity contribution in [1.82, 2.24) is 0 Å². The highest BCUT2D eigenvalue weighted by molar-refractivity contribution is 6.30. The van der Waals surface area contributed by atoms with E-state index in [0.717, 1.165) is 5.56 Å². The van der Waals surface area contributed by atoms with Crippen molar-refractivity contribution in [2.45, 2.75) is 5.92 Å². The van der Waals surface area contributed by atoms with Crippen LogP contribution in [0.4, 0.5) is 0 Å². The Labute approximate surface area is 103 Å². The van der Waals surface area contributed by atoms with Crippen LogP contribution < -0.4 is 0 Å². The summed E-state index contributed by atoms with van der Waals surface area (Å²) in [6.45, 7) is 0.225. The molecule has 0 amide bonds. The van der Waals surface area contributed by atoms with Gasteiger partial charge in [0, 0.05) is 10.9 Å². The Hall–Kier alpha value is -1.74. The van der Waals surface area contributed by atoms with Crippen LogP contribution in [0.3, 0.4) is 0 Å². The van der Waals surface area contributed by atoms with Crippen LogP contribution in [0.5, 0.6) is 0 Å². The number of hydrogen-bond acceptors (Lipinski definition) is 3. The van der Waals surface area contributed by atoms with Crippen molar-refractivity contribution in [3.05, 3.63) is 58.5 Å². The van der Waals surface area contributed by atoms with Gasteiger partial charge in [-0.3, -0.25) is 0 Å². The molecule has 0 aliphatic carbocycles. The number of halogens is 1. The van der Waals surface area contributed by atoms with Crippen LogP contribution in [0.15, 0.2) is 47.9 Å². The van der Waals surface area contributed by atoms with Gasteiger partial charge in [0.1, 0.15) is 6.61 Å². The Morgan fingerprint density at radius 3 is 2.76 bits per heavy atom. The van der Waals surface area contributed by atoms with Gasteiger partial charge in [0.25, 0.3) is 0 Å². The standard InChI is InChI=1S/C13H9ClO3/c14-9-3-1-8(2-4-9)10-5-6-16-11-7-17-13(15)12(10)11/h1-6,10H,7H2. The molecular formula is C13H9ClO3. The lowest BCUT2D eigenvalue weighted by Gasteiger charge is -2.17. The quantitative estimate of drug-likeness (QED) is 0.717. The van der Waals surface area contributed by atoms with Crippen molar-refractivity contribution >= 4 is 17.6 Å². The molecule has 1 atom stereocenters. The van der Waals surface area contributed by atoms with Crippen LogP contribution in [0, 0.1) is 0 Å². The maximum atomic E-state index is 11.6. The third-order valence-electron chi connectivity index (χ3n) is 2.88. The fourth-order valence-corrected chi connectivity index (χ4v) is 2.17. The number of cyclic esters (lactones) is 1. The molecule has 3 rings (SSSR count). The summed E-state index contributed by atoms with van der Waals surface area (Å²) < 4.78 is 10.2. The molecule has 0 bridgehead atoms. The van der Waals surface area contributed by atoms with Gasteiger partial charge in [-0.15, -0.1) is 0 Å². The van der Waals surface area contributed by atoms with Gasteiger partial charge in [0.2, 0.25) is 0 Å². The zero-order valence-corrected chi connectivity index (χ0v) is 9.61. The van der Waals surface area contributed by atoms with Gasteiger partial charge in [-0.2, -0.15) is 0 Å². The van der Waals surface area contributed by atoms with Crippen LogP contribution in [-0.4, -0.2) is 12.6 Å². The molecule has 0 N–H and O–H groups in total. The average Bonchev–Trinajstić information content (AvgIpc) is 2.73. The second-order valence-electron chi connectivity index (χ2n) is 3.89. The second-order valence-corrected chi connectivity index (χ2v) is 4.33. The van der Waals surface area contributed by atoms with Gasteiger partial charge in [0.05, 0.1) is 11.8 Å². The number of carbonyl (C=O) groups is 1. The molecule has 0 aromatic heterocycles. The predicted octanol–water partition coefficient (Wildman–Crippen LogP) is 2.78. The van der Waals surface area contributed by atoms with E-state index in [9.17, 15) is 4.79 Å². The normalized spacial score (nSPS) is 22.2. The van der Waals surface area contributed by atoms with Crippen molar-refractivity contribution in [1.29, 1.82) is 0 Å². The van der Waals surface area contributed by atoms with E-state index in [1.165, 1.54) is 0 Å². The van der Waals surface area contributed by atoms with Crippen molar-refractivity contribution in [3.8, 4) is 0 Å². The van der Waals surface area contributed by atoms with E-state index in [0.29, 0.717) is 16.4 Å². The first kappa shape index (κ1) is 10.4. The molecular weight excluding hydrogens is 240 g/mol. The maximum Gasteiger partial charge on any atom is 0.338 e. The van der Waals surface area contributed by atoms with Crippen molar-refractivity contribution in [2.75, 3.05) is 6.61 Å². The molecule has 1 unspecified atom stereocenters. The third kappa shape index (κ3) is 1.72. The fraction of sp³-hybridized carbons (Fsp3) is 0.154. The van der Waals surface area contributed by atoms with Gasteiger partial charge in [-0.05, 0) is 23.8 Å². The summed E-state index contributed by atoms with van der Waals surface area (Å²) in [6, 6.07) is 7.42. The smallest absolute Gasteiger partial charge is 0.338 e. The van der Waals surface area contributed by atoms with Crippen LogP contribution >= 0.6 is 11.6 Å². The van der Waals surface area contributed by atoms with E-state index in [2.05, 4.69) is 0 Å². The largest absolute Gasteiger partial charge is 0.465 e. The summed E-state index contributed by atoms with van der Waals surface area (Å²) in [5, 5.41) is 0.674. The second kappa shape index (κ2) is 3.93. The van der Waals surface area contributed by atoms with Gasteiger partial charge in [0.15, 0.2) is 5.76 Å². The molecule has 2 aliphatic heterocycles. The van der Waals surface area contributed by atoms with E-state index in [4.69, 9.17) is 21.1 Å².